The van der Waals surface area contributed by atoms with E-state index in [-0.39, 0.29) is 19.1 Å². The van der Waals surface area contributed by atoms with E-state index in [2.05, 4.69) is 20.1 Å². The largest absolute Gasteiger partial charge is 0.497 e. The van der Waals surface area contributed by atoms with Gasteiger partial charge in [0.25, 0.3) is 0 Å². The lowest BCUT2D eigenvalue weighted by atomic mass is 10.2. The lowest BCUT2D eigenvalue weighted by molar-refractivity contribution is -0.117. The predicted octanol–water partition coefficient (Wildman–Crippen LogP) is 2.82. The number of hydrogen-bond acceptors (Lipinski definition) is 7. The fourth-order valence-electron chi connectivity index (χ4n) is 3.97. The van der Waals surface area contributed by atoms with Gasteiger partial charge < -0.3 is 19.7 Å². The molecular formula is C25H29N5O4. The SMILES string of the molecule is CCOC(=O)c1ccccc1NC(=O)CN1CCN(c2nccn2-c2cccc(OC)c2)CC1. The minimum absolute atomic E-state index is 0.164. The van der Waals surface area contributed by atoms with E-state index >= 15 is 0 Å². The molecule has 1 aromatic heterocycles. The molecule has 1 aliphatic heterocycles. The fourth-order valence-corrected chi connectivity index (χ4v) is 3.97. The van der Waals surface area contributed by atoms with Gasteiger partial charge in [-0.05, 0) is 31.2 Å². The third-order valence-corrected chi connectivity index (χ3v) is 5.67. The molecule has 3 aromatic rings. The maximum atomic E-state index is 12.7. The van der Waals surface area contributed by atoms with Crippen LogP contribution in [-0.4, -0.2) is 72.8 Å². The Bertz CT molecular complexity index is 1140. The molecular weight excluding hydrogens is 434 g/mol. The number of carbonyl (C=O) groups excluding carboxylic acids is 2. The number of imidazole rings is 1. The second-order valence-electron chi connectivity index (χ2n) is 7.88. The average Bonchev–Trinajstić information content (AvgIpc) is 3.35. The molecule has 9 nitrogen and oxygen atoms in total. The van der Waals surface area contributed by atoms with Crippen LogP contribution in [-0.2, 0) is 9.53 Å². The van der Waals surface area contributed by atoms with Gasteiger partial charge in [0.05, 0.1) is 37.2 Å². The van der Waals surface area contributed by atoms with Crippen LogP contribution in [0.1, 0.15) is 17.3 Å². The number of methoxy groups -OCH3 is 1. The standard InChI is InChI=1S/C25H29N5O4/c1-3-34-24(32)21-9-4-5-10-22(21)27-23(31)18-28-13-15-29(16-14-28)25-26-11-12-30(25)19-7-6-8-20(17-19)33-2/h4-12,17H,3,13-16,18H2,1-2H3,(H,27,31). The number of para-hydroxylation sites is 1. The van der Waals surface area contributed by atoms with Crippen LogP contribution in [0.5, 0.6) is 5.75 Å². The molecule has 0 radical (unpaired) electrons. The van der Waals surface area contributed by atoms with Gasteiger partial charge in [-0.25, -0.2) is 9.78 Å². The van der Waals surface area contributed by atoms with Gasteiger partial charge in [-0.1, -0.05) is 18.2 Å². The van der Waals surface area contributed by atoms with Crippen molar-refractivity contribution in [1.29, 1.82) is 0 Å². The van der Waals surface area contributed by atoms with E-state index in [1.165, 1.54) is 0 Å². The number of esters is 1. The number of amides is 1. The van der Waals surface area contributed by atoms with E-state index in [9.17, 15) is 9.59 Å². The first-order valence-corrected chi connectivity index (χ1v) is 11.3. The van der Waals surface area contributed by atoms with Gasteiger partial charge >= 0.3 is 5.97 Å². The fraction of sp³-hybridized carbons (Fsp3) is 0.320. The highest BCUT2D eigenvalue weighted by atomic mass is 16.5. The zero-order chi connectivity index (χ0) is 23.9. The number of benzene rings is 2. The molecule has 0 bridgehead atoms. The minimum Gasteiger partial charge on any atom is -0.497 e. The van der Waals surface area contributed by atoms with E-state index in [0.717, 1.165) is 43.6 Å². The van der Waals surface area contributed by atoms with Crippen molar-refractivity contribution in [1.82, 2.24) is 14.5 Å². The van der Waals surface area contributed by atoms with Crippen molar-refractivity contribution < 1.29 is 19.1 Å². The van der Waals surface area contributed by atoms with Gasteiger partial charge in [-0.3, -0.25) is 14.3 Å². The van der Waals surface area contributed by atoms with Gasteiger partial charge in [-0.15, -0.1) is 0 Å². The summed E-state index contributed by atoms with van der Waals surface area (Å²) in [6.07, 6.45) is 3.72. The summed E-state index contributed by atoms with van der Waals surface area (Å²) in [6, 6.07) is 14.7. The second-order valence-corrected chi connectivity index (χ2v) is 7.88. The molecule has 34 heavy (non-hydrogen) atoms. The molecule has 1 aliphatic rings. The Balaban J connectivity index is 1.35. The van der Waals surface area contributed by atoms with E-state index in [4.69, 9.17) is 9.47 Å². The number of piperazine rings is 1. The molecule has 4 rings (SSSR count). The molecule has 1 saturated heterocycles. The van der Waals surface area contributed by atoms with E-state index in [0.29, 0.717) is 11.3 Å². The van der Waals surface area contributed by atoms with Gasteiger partial charge in [0.2, 0.25) is 11.9 Å². The van der Waals surface area contributed by atoms with Crippen molar-refractivity contribution in [2.45, 2.75) is 6.92 Å². The molecule has 0 spiro atoms. The molecule has 1 fully saturated rings. The quantitative estimate of drug-likeness (QED) is 0.514. The van der Waals surface area contributed by atoms with Crippen molar-refractivity contribution in [2.24, 2.45) is 0 Å². The molecule has 1 N–H and O–H groups in total. The van der Waals surface area contributed by atoms with Crippen molar-refractivity contribution in [3.63, 3.8) is 0 Å². The smallest absolute Gasteiger partial charge is 0.340 e. The number of rotatable bonds is 8. The number of nitrogens with one attached hydrogen (secondary N) is 1. The minimum atomic E-state index is -0.446. The number of ether oxygens (including phenoxy) is 2. The summed E-state index contributed by atoms with van der Waals surface area (Å²) in [5, 5.41) is 2.85. The van der Waals surface area contributed by atoms with Crippen LogP contribution in [0.25, 0.3) is 5.69 Å². The Morgan fingerprint density at radius 1 is 1.06 bits per heavy atom. The van der Waals surface area contributed by atoms with Crippen molar-refractivity contribution >= 4 is 23.5 Å². The maximum absolute atomic E-state index is 12.7. The molecule has 2 heterocycles. The molecule has 2 aromatic carbocycles. The summed E-state index contributed by atoms with van der Waals surface area (Å²) in [4.78, 5) is 33.7. The molecule has 0 aliphatic carbocycles. The van der Waals surface area contributed by atoms with E-state index in [1.54, 1.807) is 44.5 Å². The highest BCUT2D eigenvalue weighted by Crippen LogP contribution is 2.23. The first-order chi connectivity index (χ1) is 16.6. The number of carbonyl (C=O) groups is 2. The summed E-state index contributed by atoms with van der Waals surface area (Å²) >= 11 is 0. The normalized spacial score (nSPS) is 14.0. The van der Waals surface area contributed by atoms with Crippen molar-refractivity contribution in [3.8, 4) is 11.4 Å². The maximum Gasteiger partial charge on any atom is 0.340 e. The first-order valence-electron chi connectivity index (χ1n) is 11.3. The van der Waals surface area contributed by atoms with Crippen LogP contribution in [0.4, 0.5) is 11.6 Å². The number of nitrogens with zero attached hydrogens (tertiary/aromatic N) is 4. The number of anilines is 2. The summed E-state index contributed by atoms with van der Waals surface area (Å²) in [5.74, 6) is 1.04. The highest BCUT2D eigenvalue weighted by molar-refractivity contribution is 6.01. The van der Waals surface area contributed by atoms with Gasteiger partial charge in [0, 0.05) is 44.6 Å². The second kappa shape index (κ2) is 10.8. The highest BCUT2D eigenvalue weighted by Gasteiger charge is 2.23. The van der Waals surface area contributed by atoms with Gasteiger partial charge in [0.1, 0.15) is 5.75 Å². The molecule has 0 saturated carbocycles. The molecule has 0 atom stereocenters. The van der Waals surface area contributed by atoms with Gasteiger partial charge in [0.15, 0.2) is 0 Å². The van der Waals surface area contributed by atoms with Crippen LogP contribution >= 0.6 is 0 Å². The summed E-state index contributed by atoms with van der Waals surface area (Å²) in [7, 11) is 1.65. The summed E-state index contributed by atoms with van der Waals surface area (Å²) < 4.78 is 12.5. The number of aromatic nitrogens is 2. The lowest BCUT2D eigenvalue weighted by Gasteiger charge is -2.35. The molecule has 1 amide bonds. The molecule has 0 unspecified atom stereocenters. The third-order valence-electron chi connectivity index (χ3n) is 5.67. The Morgan fingerprint density at radius 3 is 2.62 bits per heavy atom. The lowest BCUT2D eigenvalue weighted by Crippen LogP contribution is -2.49. The Kier molecular flexibility index (Phi) is 7.44. The average molecular weight is 464 g/mol. The van der Waals surface area contributed by atoms with E-state index < -0.39 is 5.97 Å². The van der Waals surface area contributed by atoms with Crippen LogP contribution in [0.3, 0.4) is 0 Å². The van der Waals surface area contributed by atoms with Crippen LogP contribution in [0, 0.1) is 0 Å². The van der Waals surface area contributed by atoms with Crippen molar-refractivity contribution in [2.75, 3.05) is 56.7 Å². The van der Waals surface area contributed by atoms with Gasteiger partial charge in [-0.2, -0.15) is 0 Å². The van der Waals surface area contributed by atoms with Crippen LogP contribution < -0.4 is 15.0 Å². The zero-order valence-electron chi connectivity index (χ0n) is 19.4. The zero-order valence-corrected chi connectivity index (χ0v) is 19.4. The monoisotopic (exact) mass is 463 g/mol. The number of hydrogen-bond donors (Lipinski definition) is 1. The topological polar surface area (TPSA) is 88.9 Å². The van der Waals surface area contributed by atoms with E-state index in [1.807, 2.05) is 35.0 Å². The summed E-state index contributed by atoms with van der Waals surface area (Å²) in [6.45, 7) is 5.20. The third kappa shape index (κ3) is 5.37. The Labute approximate surface area is 198 Å². The molecule has 178 valence electrons. The molecule has 9 heteroatoms. The van der Waals surface area contributed by atoms with Crippen LogP contribution in [0.2, 0.25) is 0 Å². The predicted molar refractivity (Wildman–Crippen MR) is 130 cm³/mol. The van der Waals surface area contributed by atoms with Crippen LogP contribution in [0.15, 0.2) is 60.9 Å². The van der Waals surface area contributed by atoms with Crippen molar-refractivity contribution in [3.05, 3.63) is 66.5 Å². The Hall–Kier alpha value is -3.85. The Morgan fingerprint density at radius 2 is 1.85 bits per heavy atom. The first kappa shape index (κ1) is 23.3. The summed E-state index contributed by atoms with van der Waals surface area (Å²) in [5.41, 5.74) is 1.80.